The summed E-state index contributed by atoms with van der Waals surface area (Å²) in [5, 5.41) is 18.8. The fourth-order valence-corrected chi connectivity index (χ4v) is 1.13. The molecular formula is C9H7NO5. The van der Waals surface area contributed by atoms with Gasteiger partial charge in [0.05, 0.1) is 4.92 Å². The van der Waals surface area contributed by atoms with Crippen molar-refractivity contribution < 1.29 is 19.6 Å². The molecule has 0 aliphatic heterocycles. The van der Waals surface area contributed by atoms with E-state index < -0.39 is 16.7 Å². The Morgan fingerprint density at radius 3 is 2.40 bits per heavy atom. The zero-order valence-electron chi connectivity index (χ0n) is 7.76. The minimum absolute atomic E-state index is 0.0342. The van der Waals surface area contributed by atoms with Crippen LogP contribution in [0.3, 0.4) is 0 Å². The largest absolute Gasteiger partial charge is 0.475 e. The van der Waals surface area contributed by atoms with Gasteiger partial charge in [-0.05, 0) is 18.6 Å². The van der Waals surface area contributed by atoms with Crippen molar-refractivity contribution in [3.63, 3.8) is 0 Å². The lowest BCUT2D eigenvalue weighted by Crippen LogP contribution is -2.14. The number of non-ortho nitro benzene ring substituents is 1. The monoisotopic (exact) mass is 209 g/mol. The highest BCUT2D eigenvalue weighted by molar-refractivity contribution is 6.40. The van der Waals surface area contributed by atoms with Gasteiger partial charge in [-0.3, -0.25) is 14.9 Å². The minimum Gasteiger partial charge on any atom is -0.475 e. The van der Waals surface area contributed by atoms with Gasteiger partial charge < -0.3 is 5.11 Å². The summed E-state index contributed by atoms with van der Waals surface area (Å²) >= 11 is 0. The van der Waals surface area contributed by atoms with E-state index in [9.17, 15) is 19.7 Å². The summed E-state index contributed by atoms with van der Waals surface area (Å²) in [5.41, 5.74) is 0.0686. The first kappa shape index (κ1) is 10.8. The summed E-state index contributed by atoms with van der Waals surface area (Å²) in [6.07, 6.45) is 0. The number of rotatable bonds is 3. The van der Waals surface area contributed by atoms with Crippen molar-refractivity contribution in [2.45, 2.75) is 6.92 Å². The standard InChI is InChI=1S/C9H7NO5/c1-5-4-6(10(14)15)2-3-7(5)8(11)9(12)13/h2-4H,1H3,(H,12,13). The van der Waals surface area contributed by atoms with Crippen LogP contribution in [0.25, 0.3) is 0 Å². The first-order chi connectivity index (χ1) is 6.93. The number of hydrogen-bond donors (Lipinski definition) is 1. The number of carbonyl (C=O) groups is 2. The highest BCUT2D eigenvalue weighted by Gasteiger charge is 2.18. The zero-order chi connectivity index (χ0) is 11.6. The number of carboxylic acids is 1. The van der Waals surface area contributed by atoms with Crippen LogP contribution in [0.2, 0.25) is 0 Å². The van der Waals surface area contributed by atoms with Crippen molar-refractivity contribution in [2.24, 2.45) is 0 Å². The Hall–Kier alpha value is -2.24. The van der Waals surface area contributed by atoms with Gasteiger partial charge in [0.15, 0.2) is 0 Å². The molecule has 1 N–H and O–H groups in total. The third-order valence-electron chi connectivity index (χ3n) is 1.86. The molecule has 0 heterocycles. The highest BCUT2D eigenvalue weighted by atomic mass is 16.6. The number of hydrogen-bond acceptors (Lipinski definition) is 4. The first-order valence-electron chi connectivity index (χ1n) is 3.96. The van der Waals surface area contributed by atoms with E-state index in [2.05, 4.69) is 0 Å². The second-order valence-corrected chi connectivity index (χ2v) is 2.89. The van der Waals surface area contributed by atoms with Crippen LogP contribution in [0, 0.1) is 17.0 Å². The summed E-state index contributed by atoms with van der Waals surface area (Å²) < 4.78 is 0. The topological polar surface area (TPSA) is 97.5 Å². The molecule has 0 saturated carbocycles. The van der Waals surface area contributed by atoms with E-state index in [1.54, 1.807) is 0 Å². The molecule has 78 valence electrons. The van der Waals surface area contributed by atoms with Crippen molar-refractivity contribution >= 4 is 17.4 Å². The number of benzene rings is 1. The van der Waals surface area contributed by atoms with Gasteiger partial charge in [-0.25, -0.2) is 4.79 Å². The molecule has 0 saturated heterocycles. The number of aliphatic carboxylic acids is 1. The van der Waals surface area contributed by atoms with Crippen LogP contribution in [-0.4, -0.2) is 21.8 Å². The van der Waals surface area contributed by atoms with Crippen LogP contribution in [0.15, 0.2) is 18.2 Å². The number of ketones is 1. The molecule has 0 unspecified atom stereocenters. The molecule has 0 aliphatic carbocycles. The number of Topliss-reactive ketones (excluding diaryl/α,β-unsaturated/α-hetero) is 1. The zero-order valence-corrected chi connectivity index (χ0v) is 7.76. The molecule has 0 fully saturated rings. The molecule has 1 aromatic rings. The third-order valence-corrected chi connectivity index (χ3v) is 1.86. The van der Waals surface area contributed by atoms with Gasteiger partial charge in [0.1, 0.15) is 0 Å². The van der Waals surface area contributed by atoms with Crippen LogP contribution in [-0.2, 0) is 4.79 Å². The lowest BCUT2D eigenvalue weighted by atomic mass is 10.0. The van der Waals surface area contributed by atoms with E-state index in [0.717, 1.165) is 18.2 Å². The quantitative estimate of drug-likeness (QED) is 0.348. The highest BCUT2D eigenvalue weighted by Crippen LogP contribution is 2.17. The molecular weight excluding hydrogens is 202 g/mol. The number of carboxylic acid groups (broad SMARTS) is 1. The second-order valence-electron chi connectivity index (χ2n) is 2.89. The Kier molecular flexibility index (Phi) is 2.80. The van der Waals surface area contributed by atoms with Gasteiger partial charge in [-0.2, -0.15) is 0 Å². The molecule has 0 aliphatic rings. The Morgan fingerprint density at radius 2 is 2.00 bits per heavy atom. The molecule has 6 nitrogen and oxygen atoms in total. The molecule has 6 heteroatoms. The minimum atomic E-state index is -1.58. The molecule has 0 amide bonds. The lowest BCUT2D eigenvalue weighted by Gasteiger charge is -2.00. The normalized spacial score (nSPS) is 9.67. The van der Waals surface area contributed by atoms with Crippen molar-refractivity contribution in [3.8, 4) is 0 Å². The van der Waals surface area contributed by atoms with Crippen molar-refractivity contribution in [2.75, 3.05) is 0 Å². The van der Waals surface area contributed by atoms with Crippen LogP contribution < -0.4 is 0 Å². The van der Waals surface area contributed by atoms with Gasteiger partial charge >= 0.3 is 5.97 Å². The fraction of sp³-hybridized carbons (Fsp3) is 0.111. The SMILES string of the molecule is Cc1cc([N+](=O)[O-])ccc1C(=O)C(=O)O. The van der Waals surface area contributed by atoms with Gasteiger partial charge in [-0.15, -0.1) is 0 Å². The van der Waals surface area contributed by atoms with E-state index in [1.165, 1.54) is 6.92 Å². The van der Waals surface area contributed by atoms with E-state index in [-0.39, 0.29) is 16.8 Å². The molecule has 15 heavy (non-hydrogen) atoms. The van der Waals surface area contributed by atoms with Crippen molar-refractivity contribution in [1.29, 1.82) is 0 Å². The predicted octanol–water partition coefficient (Wildman–Crippen LogP) is 1.17. The smallest absolute Gasteiger partial charge is 0.377 e. The number of nitro groups is 1. The second kappa shape index (κ2) is 3.87. The summed E-state index contributed by atoms with van der Waals surface area (Å²) in [6, 6.07) is 3.41. The maximum absolute atomic E-state index is 11.1. The van der Waals surface area contributed by atoms with Crippen molar-refractivity contribution in [1.82, 2.24) is 0 Å². The summed E-state index contributed by atoms with van der Waals surface area (Å²) in [5.74, 6) is -2.64. The van der Waals surface area contributed by atoms with Gasteiger partial charge in [0, 0.05) is 17.7 Å². The lowest BCUT2D eigenvalue weighted by molar-refractivity contribution is -0.384. The maximum Gasteiger partial charge on any atom is 0.377 e. The summed E-state index contributed by atoms with van der Waals surface area (Å²) in [6.45, 7) is 1.45. The molecule has 0 aromatic heterocycles. The first-order valence-corrected chi connectivity index (χ1v) is 3.96. The van der Waals surface area contributed by atoms with E-state index in [4.69, 9.17) is 5.11 Å². The molecule has 1 rings (SSSR count). The van der Waals surface area contributed by atoms with E-state index in [1.807, 2.05) is 0 Å². The molecule has 1 aromatic carbocycles. The Bertz CT molecular complexity index is 452. The van der Waals surface area contributed by atoms with Crippen LogP contribution in [0.4, 0.5) is 5.69 Å². The average molecular weight is 209 g/mol. The van der Waals surface area contributed by atoms with E-state index in [0.29, 0.717) is 0 Å². The van der Waals surface area contributed by atoms with Gasteiger partial charge in [0.2, 0.25) is 0 Å². The number of nitro benzene ring substituents is 1. The average Bonchev–Trinajstić information content (AvgIpc) is 2.16. The number of carbonyl (C=O) groups excluding carboxylic acids is 1. The van der Waals surface area contributed by atoms with Gasteiger partial charge in [0.25, 0.3) is 11.5 Å². The molecule has 0 radical (unpaired) electrons. The Morgan fingerprint density at radius 1 is 1.40 bits per heavy atom. The molecule has 0 spiro atoms. The summed E-state index contributed by atoms with van der Waals surface area (Å²) in [7, 11) is 0. The van der Waals surface area contributed by atoms with Crippen LogP contribution in [0.5, 0.6) is 0 Å². The Labute approximate surface area is 84.3 Å². The molecule has 0 bridgehead atoms. The Balaban J connectivity index is 3.19. The van der Waals surface area contributed by atoms with Crippen molar-refractivity contribution in [3.05, 3.63) is 39.4 Å². The van der Waals surface area contributed by atoms with Crippen LogP contribution >= 0.6 is 0 Å². The van der Waals surface area contributed by atoms with Gasteiger partial charge in [-0.1, -0.05) is 0 Å². The predicted molar refractivity (Wildman–Crippen MR) is 49.8 cm³/mol. The maximum atomic E-state index is 11.1. The van der Waals surface area contributed by atoms with Crippen LogP contribution in [0.1, 0.15) is 15.9 Å². The fourth-order valence-electron chi connectivity index (χ4n) is 1.13. The molecule has 0 atom stereocenters. The third kappa shape index (κ3) is 2.16. The number of aryl methyl sites for hydroxylation is 1. The summed E-state index contributed by atoms with van der Waals surface area (Å²) in [4.78, 5) is 31.2. The number of nitrogens with zero attached hydrogens (tertiary/aromatic N) is 1. The van der Waals surface area contributed by atoms with E-state index >= 15 is 0 Å².